The van der Waals surface area contributed by atoms with Crippen molar-refractivity contribution in [3.8, 4) is 5.75 Å². The van der Waals surface area contributed by atoms with Crippen molar-refractivity contribution in [2.45, 2.75) is 11.0 Å². The molecule has 1 saturated heterocycles. The van der Waals surface area contributed by atoms with Crippen molar-refractivity contribution in [1.29, 1.82) is 0 Å². The van der Waals surface area contributed by atoms with E-state index in [4.69, 9.17) is 13.9 Å². The van der Waals surface area contributed by atoms with Crippen LogP contribution in [-0.4, -0.2) is 52.1 Å². The fourth-order valence-corrected chi connectivity index (χ4v) is 3.61. The molecule has 3 aromatic rings. The SMILES string of the molecule is CS(=O)(=O)c1ccc(OC2COCCN(c3nc4ccccc4o3)C2)cc1. The average Bonchev–Trinajstić information content (AvgIpc) is 2.94. The van der Waals surface area contributed by atoms with Crippen LogP contribution in [0.1, 0.15) is 0 Å². The van der Waals surface area contributed by atoms with E-state index < -0.39 is 9.84 Å². The number of benzene rings is 2. The number of sulfone groups is 1. The minimum absolute atomic E-state index is 0.230. The Balaban J connectivity index is 1.49. The summed E-state index contributed by atoms with van der Waals surface area (Å²) >= 11 is 0. The molecule has 0 N–H and O–H groups in total. The Hall–Kier alpha value is -2.58. The molecule has 1 fully saturated rings. The van der Waals surface area contributed by atoms with E-state index in [0.29, 0.717) is 38.1 Å². The highest BCUT2D eigenvalue weighted by Gasteiger charge is 2.24. The number of hydrogen-bond acceptors (Lipinski definition) is 7. The molecule has 0 saturated carbocycles. The van der Waals surface area contributed by atoms with Crippen molar-refractivity contribution in [3.05, 3.63) is 48.5 Å². The first-order valence-electron chi connectivity index (χ1n) is 8.64. The molecule has 1 atom stereocenters. The average molecular weight is 388 g/mol. The van der Waals surface area contributed by atoms with Crippen LogP contribution in [0, 0.1) is 0 Å². The summed E-state index contributed by atoms with van der Waals surface area (Å²) in [7, 11) is -3.23. The zero-order valence-corrected chi connectivity index (χ0v) is 15.7. The van der Waals surface area contributed by atoms with Crippen molar-refractivity contribution in [2.24, 2.45) is 0 Å². The number of anilines is 1. The smallest absolute Gasteiger partial charge is 0.298 e. The predicted molar refractivity (Wildman–Crippen MR) is 101 cm³/mol. The molecule has 4 rings (SSSR count). The van der Waals surface area contributed by atoms with Gasteiger partial charge in [-0.3, -0.25) is 0 Å². The molecule has 27 heavy (non-hydrogen) atoms. The molecule has 0 radical (unpaired) electrons. The second-order valence-corrected chi connectivity index (χ2v) is 8.48. The number of aromatic nitrogens is 1. The lowest BCUT2D eigenvalue weighted by Gasteiger charge is -2.22. The molecule has 8 heteroatoms. The number of oxazole rings is 1. The lowest BCUT2D eigenvalue weighted by Crippen LogP contribution is -2.36. The fraction of sp³-hybridized carbons (Fsp3) is 0.316. The molecule has 0 aliphatic carbocycles. The second kappa shape index (κ2) is 7.21. The van der Waals surface area contributed by atoms with Crippen LogP contribution in [0.2, 0.25) is 0 Å². The second-order valence-electron chi connectivity index (χ2n) is 6.47. The Bertz CT molecular complexity index is 997. The van der Waals surface area contributed by atoms with Crippen molar-refractivity contribution in [1.82, 2.24) is 4.98 Å². The summed E-state index contributed by atoms with van der Waals surface area (Å²) in [6.07, 6.45) is 0.951. The number of para-hydroxylation sites is 2. The third-order valence-corrected chi connectivity index (χ3v) is 5.47. The van der Waals surface area contributed by atoms with Crippen molar-refractivity contribution in [3.63, 3.8) is 0 Å². The molecule has 7 nitrogen and oxygen atoms in total. The minimum atomic E-state index is -3.23. The predicted octanol–water partition coefficient (Wildman–Crippen LogP) is 2.52. The number of fused-ring (bicyclic) bond motifs is 1. The van der Waals surface area contributed by atoms with Gasteiger partial charge in [-0.2, -0.15) is 4.98 Å². The molecule has 1 unspecified atom stereocenters. The van der Waals surface area contributed by atoms with Gasteiger partial charge in [-0.1, -0.05) is 12.1 Å². The number of rotatable bonds is 4. The monoisotopic (exact) mass is 388 g/mol. The van der Waals surface area contributed by atoms with E-state index in [1.807, 2.05) is 29.2 Å². The van der Waals surface area contributed by atoms with E-state index in [9.17, 15) is 8.42 Å². The number of ether oxygens (including phenoxy) is 2. The van der Waals surface area contributed by atoms with Crippen LogP contribution in [-0.2, 0) is 14.6 Å². The summed E-state index contributed by atoms with van der Waals surface area (Å²) in [5.41, 5.74) is 1.55. The van der Waals surface area contributed by atoms with Gasteiger partial charge in [0.1, 0.15) is 17.4 Å². The van der Waals surface area contributed by atoms with E-state index in [2.05, 4.69) is 4.98 Å². The van der Waals surface area contributed by atoms with Gasteiger partial charge in [0, 0.05) is 12.8 Å². The maximum atomic E-state index is 11.6. The third kappa shape index (κ3) is 4.06. The van der Waals surface area contributed by atoms with Gasteiger partial charge in [-0.15, -0.1) is 0 Å². The molecule has 0 bridgehead atoms. The van der Waals surface area contributed by atoms with E-state index in [1.165, 1.54) is 6.26 Å². The molecule has 0 spiro atoms. The first-order valence-corrected chi connectivity index (χ1v) is 10.5. The van der Waals surface area contributed by atoms with Gasteiger partial charge in [0.2, 0.25) is 0 Å². The topological polar surface area (TPSA) is 81.9 Å². The molecule has 2 heterocycles. The van der Waals surface area contributed by atoms with Gasteiger partial charge < -0.3 is 18.8 Å². The first-order chi connectivity index (χ1) is 13.0. The van der Waals surface area contributed by atoms with Gasteiger partial charge in [0.05, 0.1) is 24.7 Å². The molecular weight excluding hydrogens is 368 g/mol. The van der Waals surface area contributed by atoms with Gasteiger partial charge in [0.15, 0.2) is 15.4 Å². The van der Waals surface area contributed by atoms with Crippen LogP contribution in [0.25, 0.3) is 11.1 Å². The van der Waals surface area contributed by atoms with E-state index in [1.54, 1.807) is 24.3 Å². The van der Waals surface area contributed by atoms with E-state index in [0.717, 1.165) is 11.1 Å². The van der Waals surface area contributed by atoms with Crippen molar-refractivity contribution in [2.75, 3.05) is 37.5 Å². The lowest BCUT2D eigenvalue weighted by molar-refractivity contribution is 0.0730. The quantitative estimate of drug-likeness (QED) is 0.679. The van der Waals surface area contributed by atoms with Crippen LogP contribution >= 0.6 is 0 Å². The Morgan fingerprint density at radius 3 is 2.67 bits per heavy atom. The molecule has 1 aromatic heterocycles. The summed E-state index contributed by atoms with van der Waals surface area (Å²) in [5.74, 6) is 0.593. The molecule has 142 valence electrons. The Morgan fingerprint density at radius 2 is 1.93 bits per heavy atom. The minimum Gasteiger partial charge on any atom is -0.486 e. The summed E-state index contributed by atoms with van der Waals surface area (Å²) in [4.78, 5) is 6.81. The Labute approximate surface area is 157 Å². The van der Waals surface area contributed by atoms with E-state index in [-0.39, 0.29) is 11.0 Å². The number of nitrogens with zero attached hydrogens (tertiary/aromatic N) is 2. The standard InChI is InChI=1S/C19H20N2O5S/c1-27(22,23)16-8-6-14(7-9-16)25-15-12-21(10-11-24-13-15)19-20-17-4-2-3-5-18(17)26-19/h2-9,15H,10-13H2,1H3. The Kier molecular flexibility index (Phi) is 4.75. The van der Waals surface area contributed by atoms with Gasteiger partial charge >= 0.3 is 0 Å². The summed E-state index contributed by atoms with van der Waals surface area (Å²) in [6.45, 7) is 2.19. The molecule has 0 amide bonds. The summed E-state index contributed by atoms with van der Waals surface area (Å²) in [6, 6.07) is 14.6. The van der Waals surface area contributed by atoms with Gasteiger partial charge in [-0.05, 0) is 36.4 Å². The third-order valence-electron chi connectivity index (χ3n) is 4.34. The highest BCUT2D eigenvalue weighted by atomic mass is 32.2. The molecule has 1 aliphatic rings. The van der Waals surface area contributed by atoms with Crippen molar-refractivity contribution < 1.29 is 22.3 Å². The maximum Gasteiger partial charge on any atom is 0.298 e. The van der Waals surface area contributed by atoms with Gasteiger partial charge in [-0.25, -0.2) is 8.42 Å². The normalized spacial score (nSPS) is 18.4. The highest BCUT2D eigenvalue weighted by molar-refractivity contribution is 7.90. The maximum absolute atomic E-state index is 11.6. The largest absolute Gasteiger partial charge is 0.486 e. The zero-order valence-electron chi connectivity index (χ0n) is 14.9. The fourth-order valence-electron chi connectivity index (χ4n) is 2.98. The summed E-state index contributed by atoms with van der Waals surface area (Å²) in [5, 5.41) is 0. The number of hydrogen-bond donors (Lipinski definition) is 0. The van der Waals surface area contributed by atoms with Crippen LogP contribution in [0.4, 0.5) is 6.01 Å². The van der Waals surface area contributed by atoms with Crippen LogP contribution in [0.3, 0.4) is 0 Å². The van der Waals surface area contributed by atoms with Crippen LogP contribution < -0.4 is 9.64 Å². The summed E-state index contributed by atoms with van der Waals surface area (Å²) < 4.78 is 40.6. The molecule has 1 aliphatic heterocycles. The van der Waals surface area contributed by atoms with Crippen molar-refractivity contribution >= 4 is 27.0 Å². The Morgan fingerprint density at radius 1 is 1.15 bits per heavy atom. The van der Waals surface area contributed by atoms with Crippen LogP contribution in [0.15, 0.2) is 57.8 Å². The lowest BCUT2D eigenvalue weighted by atomic mass is 10.3. The highest BCUT2D eigenvalue weighted by Crippen LogP contribution is 2.24. The van der Waals surface area contributed by atoms with Crippen LogP contribution in [0.5, 0.6) is 5.75 Å². The molecule has 2 aromatic carbocycles. The zero-order chi connectivity index (χ0) is 18.9. The van der Waals surface area contributed by atoms with Gasteiger partial charge in [0.25, 0.3) is 6.01 Å². The first kappa shape index (κ1) is 17.8. The molecular formula is C19H20N2O5S. The van der Waals surface area contributed by atoms with E-state index >= 15 is 0 Å².